The smallest absolute Gasteiger partial charge is 0.420 e. The van der Waals surface area contributed by atoms with Gasteiger partial charge < -0.3 is 9.84 Å². The van der Waals surface area contributed by atoms with Crippen LogP contribution in [-0.4, -0.2) is 17.6 Å². The van der Waals surface area contributed by atoms with Gasteiger partial charge in [0.1, 0.15) is 11.5 Å². The average molecular weight is 465 g/mol. The maximum absolute atomic E-state index is 13.2. The number of rotatable bonds is 6. The highest BCUT2D eigenvalue weighted by atomic mass is 19.4. The van der Waals surface area contributed by atoms with Gasteiger partial charge in [-0.25, -0.2) is 4.79 Å². The number of ether oxygens (including phenoxy) is 1. The molecule has 0 heterocycles. The van der Waals surface area contributed by atoms with Crippen molar-refractivity contribution in [3.63, 3.8) is 0 Å². The third-order valence-corrected chi connectivity index (χ3v) is 4.10. The Labute approximate surface area is 180 Å². The number of amides is 2. The zero-order chi connectivity index (χ0) is 24.5. The van der Waals surface area contributed by atoms with E-state index in [1.807, 2.05) is 13.8 Å². The zero-order valence-corrected chi connectivity index (χ0v) is 17.1. The van der Waals surface area contributed by atoms with E-state index in [9.17, 15) is 31.1 Å². The molecule has 0 saturated carbocycles. The molecule has 0 saturated heterocycles. The number of carboxylic acid groups (broad SMARTS) is 1. The Hall–Kier alpha value is -3.24. The first-order valence-corrected chi connectivity index (χ1v) is 9.34. The van der Waals surface area contributed by atoms with Crippen LogP contribution in [0.4, 0.5) is 31.1 Å². The maximum atomic E-state index is 13.2. The third kappa shape index (κ3) is 8.12. The molecule has 0 fully saturated rings. The SMILES string of the molecule is CCCc1ccc(Oc2ccc(C(F)(F)F)cc2C(F)(F)F)cc1CC.O=CNC(=O)O. The molecule has 0 aliphatic heterocycles. The molecular formula is C21H21F6NO4. The van der Waals surface area contributed by atoms with Gasteiger partial charge in [-0.3, -0.25) is 10.1 Å². The number of nitrogens with one attached hydrogen (secondary N) is 1. The summed E-state index contributed by atoms with van der Waals surface area (Å²) in [6, 6.07) is 6.29. The predicted octanol–water partition coefficient (Wildman–Crippen LogP) is 6.44. The molecule has 0 atom stereocenters. The summed E-state index contributed by atoms with van der Waals surface area (Å²) < 4.78 is 83.0. The van der Waals surface area contributed by atoms with Crippen LogP contribution in [0.3, 0.4) is 0 Å². The van der Waals surface area contributed by atoms with E-state index in [4.69, 9.17) is 14.6 Å². The van der Waals surface area contributed by atoms with E-state index in [-0.39, 0.29) is 18.2 Å². The molecule has 0 spiro atoms. The van der Waals surface area contributed by atoms with E-state index in [1.165, 1.54) is 11.4 Å². The highest BCUT2D eigenvalue weighted by Gasteiger charge is 2.39. The number of carbonyl (C=O) groups excluding carboxylic acids is 1. The Bertz CT molecular complexity index is 925. The summed E-state index contributed by atoms with van der Waals surface area (Å²) >= 11 is 0. The zero-order valence-electron chi connectivity index (χ0n) is 17.1. The van der Waals surface area contributed by atoms with Gasteiger partial charge in [0.05, 0.1) is 11.1 Å². The number of alkyl halides is 6. The van der Waals surface area contributed by atoms with Crippen molar-refractivity contribution in [3.8, 4) is 11.5 Å². The molecule has 2 aromatic rings. The Morgan fingerprint density at radius 2 is 1.66 bits per heavy atom. The van der Waals surface area contributed by atoms with E-state index < -0.39 is 35.3 Å². The van der Waals surface area contributed by atoms with Crippen molar-refractivity contribution in [1.82, 2.24) is 5.32 Å². The molecule has 2 N–H and O–H groups in total. The van der Waals surface area contributed by atoms with E-state index in [2.05, 4.69) is 0 Å². The monoisotopic (exact) mass is 465 g/mol. The van der Waals surface area contributed by atoms with Crippen LogP contribution in [0, 0.1) is 0 Å². The van der Waals surface area contributed by atoms with Gasteiger partial charge in [-0.1, -0.05) is 26.3 Å². The van der Waals surface area contributed by atoms with Crippen molar-refractivity contribution < 1.29 is 45.8 Å². The standard InChI is InChI=1S/C19H18F6O.C2H3NO3/c1-3-5-13-6-8-15(10-12(13)4-2)26-17-9-7-14(18(20,21)22)11-16(17)19(23,24)25;4-1-3-2(5)6/h6-11H,3-5H2,1-2H3;1H,(H,3,4)(H,5,6). The van der Waals surface area contributed by atoms with Crippen LogP contribution in [0.15, 0.2) is 36.4 Å². The minimum Gasteiger partial charge on any atom is -0.465 e. The van der Waals surface area contributed by atoms with Gasteiger partial charge in [-0.2, -0.15) is 26.3 Å². The van der Waals surface area contributed by atoms with Gasteiger partial charge in [0, 0.05) is 0 Å². The molecule has 0 aromatic heterocycles. The summed E-state index contributed by atoms with van der Waals surface area (Å²) in [6.07, 6.45) is -8.64. The molecule has 0 aliphatic rings. The van der Waals surface area contributed by atoms with Crippen molar-refractivity contribution in [2.45, 2.75) is 45.5 Å². The largest absolute Gasteiger partial charge is 0.465 e. The third-order valence-electron chi connectivity index (χ3n) is 4.10. The Morgan fingerprint density at radius 1 is 1.00 bits per heavy atom. The van der Waals surface area contributed by atoms with Crippen LogP contribution in [-0.2, 0) is 30.0 Å². The minimum atomic E-state index is -4.97. The lowest BCUT2D eigenvalue weighted by Gasteiger charge is -2.17. The lowest BCUT2D eigenvalue weighted by molar-refractivity contribution is -0.143. The number of hydrogen-bond acceptors (Lipinski definition) is 3. The summed E-state index contributed by atoms with van der Waals surface area (Å²) in [5.74, 6) is -0.497. The normalized spacial score (nSPS) is 11.2. The van der Waals surface area contributed by atoms with E-state index >= 15 is 0 Å². The maximum Gasteiger partial charge on any atom is 0.420 e. The first-order valence-electron chi connectivity index (χ1n) is 9.34. The van der Waals surface area contributed by atoms with Gasteiger partial charge in [0.2, 0.25) is 6.41 Å². The number of aryl methyl sites for hydroxylation is 2. The van der Waals surface area contributed by atoms with Crippen LogP contribution in [0.1, 0.15) is 42.5 Å². The quantitative estimate of drug-likeness (QED) is 0.380. The summed E-state index contributed by atoms with van der Waals surface area (Å²) in [5, 5.41) is 9.02. The minimum absolute atomic E-state index is 0.0710. The average Bonchev–Trinajstić information content (AvgIpc) is 2.68. The second-order valence-electron chi connectivity index (χ2n) is 6.41. The van der Waals surface area contributed by atoms with Crippen molar-refractivity contribution >= 4 is 12.5 Å². The van der Waals surface area contributed by atoms with Crippen LogP contribution in [0.2, 0.25) is 0 Å². The Kier molecular flexibility index (Phi) is 9.54. The number of imide groups is 1. The number of carbonyl (C=O) groups is 2. The van der Waals surface area contributed by atoms with Gasteiger partial charge in [0.15, 0.2) is 0 Å². The first kappa shape index (κ1) is 26.8. The van der Waals surface area contributed by atoms with Crippen LogP contribution in [0.25, 0.3) is 0 Å². The van der Waals surface area contributed by atoms with Crippen LogP contribution in [0.5, 0.6) is 11.5 Å². The molecule has 176 valence electrons. The van der Waals surface area contributed by atoms with Gasteiger partial charge in [-0.15, -0.1) is 0 Å². The highest BCUT2D eigenvalue weighted by molar-refractivity contribution is 5.77. The van der Waals surface area contributed by atoms with E-state index in [0.29, 0.717) is 18.6 Å². The molecule has 0 aliphatic carbocycles. The molecule has 2 aromatic carbocycles. The van der Waals surface area contributed by atoms with E-state index in [0.717, 1.165) is 24.0 Å². The molecule has 0 bridgehead atoms. The van der Waals surface area contributed by atoms with Crippen LogP contribution >= 0.6 is 0 Å². The topological polar surface area (TPSA) is 75.6 Å². The van der Waals surface area contributed by atoms with E-state index in [1.54, 1.807) is 12.1 Å². The molecule has 2 rings (SSSR count). The summed E-state index contributed by atoms with van der Waals surface area (Å²) in [7, 11) is 0. The number of benzene rings is 2. The predicted molar refractivity (Wildman–Crippen MR) is 104 cm³/mol. The summed E-state index contributed by atoms with van der Waals surface area (Å²) in [4.78, 5) is 18.4. The summed E-state index contributed by atoms with van der Waals surface area (Å²) in [5.41, 5.74) is -0.816. The molecular weight excluding hydrogens is 444 g/mol. The number of halogens is 6. The fraction of sp³-hybridized carbons (Fsp3) is 0.333. The molecule has 2 amide bonds. The van der Waals surface area contributed by atoms with Gasteiger partial charge in [-0.05, 0) is 54.3 Å². The van der Waals surface area contributed by atoms with Crippen molar-refractivity contribution in [3.05, 3.63) is 58.7 Å². The second kappa shape index (κ2) is 11.4. The molecule has 0 unspecified atom stereocenters. The fourth-order valence-electron chi connectivity index (χ4n) is 2.70. The van der Waals surface area contributed by atoms with Crippen molar-refractivity contribution in [2.75, 3.05) is 0 Å². The fourth-order valence-corrected chi connectivity index (χ4v) is 2.70. The second-order valence-corrected chi connectivity index (χ2v) is 6.41. The lowest BCUT2D eigenvalue weighted by Crippen LogP contribution is -2.17. The summed E-state index contributed by atoms with van der Waals surface area (Å²) in [6.45, 7) is 3.93. The lowest BCUT2D eigenvalue weighted by atomic mass is 10.0. The molecule has 32 heavy (non-hydrogen) atoms. The highest BCUT2D eigenvalue weighted by Crippen LogP contribution is 2.42. The van der Waals surface area contributed by atoms with Crippen molar-refractivity contribution in [1.29, 1.82) is 0 Å². The Balaban J connectivity index is 0.000000751. The Morgan fingerprint density at radius 3 is 2.09 bits per heavy atom. The van der Waals surface area contributed by atoms with Crippen LogP contribution < -0.4 is 10.1 Å². The first-order chi connectivity index (χ1) is 14.8. The molecule has 0 radical (unpaired) electrons. The van der Waals surface area contributed by atoms with Gasteiger partial charge >= 0.3 is 18.4 Å². The van der Waals surface area contributed by atoms with Crippen molar-refractivity contribution in [2.24, 2.45) is 0 Å². The number of hydrogen-bond donors (Lipinski definition) is 2. The molecule has 5 nitrogen and oxygen atoms in total. The molecule has 11 heteroatoms. The van der Waals surface area contributed by atoms with Gasteiger partial charge in [0.25, 0.3) is 0 Å².